The summed E-state index contributed by atoms with van der Waals surface area (Å²) in [6, 6.07) is 7.65. The van der Waals surface area contributed by atoms with E-state index in [0.29, 0.717) is 18.3 Å². The van der Waals surface area contributed by atoms with Crippen molar-refractivity contribution in [2.45, 2.75) is 25.0 Å². The smallest absolute Gasteiger partial charge is 0.119 e. The van der Waals surface area contributed by atoms with E-state index < -0.39 is 0 Å². The second-order valence-electron chi connectivity index (χ2n) is 4.34. The van der Waals surface area contributed by atoms with Crippen molar-refractivity contribution in [3.8, 4) is 17.6 Å². The molecule has 0 amide bonds. The summed E-state index contributed by atoms with van der Waals surface area (Å²) in [4.78, 5) is 0. The third-order valence-electron chi connectivity index (χ3n) is 2.61. The Labute approximate surface area is 125 Å². The lowest BCUT2D eigenvalue weighted by Gasteiger charge is -2.10. The molecular formula is C16H22O3S. The van der Waals surface area contributed by atoms with Gasteiger partial charge in [-0.05, 0) is 30.7 Å². The molecule has 0 heterocycles. The van der Waals surface area contributed by atoms with Crippen LogP contribution in [-0.4, -0.2) is 41.0 Å². The minimum Gasteiger partial charge on any atom is -0.493 e. The Hall–Kier alpha value is -1.15. The largest absolute Gasteiger partial charge is 0.493 e. The number of hydrogen-bond acceptors (Lipinski definition) is 4. The topological polar surface area (TPSA) is 49.7 Å². The predicted molar refractivity (Wildman–Crippen MR) is 84.1 cm³/mol. The second-order valence-corrected chi connectivity index (χ2v) is 5.89. The van der Waals surface area contributed by atoms with Crippen LogP contribution in [0.25, 0.3) is 0 Å². The van der Waals surface area contributed by atoms with Gasteiger partial charge in [-0.15, -0.1) is 0 Å². The molecule has 1 unspecified atom stereocenters. The lowest BCUT2D eigenvalue weighted by molar-refractivity contribution is 0.288. The molecule has 0 fully saturated rings. The maximum Gasteiger partial charge on any atom is 0.119 e. The van der Waals surface area contributed by atoms with E-state index in [1.165, 1.54) is 0 Å². The molecule has 1 aromatic rings. The first-order valence-corrected chi connectivity index (χ1v) is 7.86. The first-order valence-electron chi connectivity index (χ1n) is 6.81. The fourth-order valence-electron chi connectivity index (χ4n) is 1.53. The van der Waals surface area contributed by atoms with E-state index in [-0.39, 0.29) is 13.2 Å². The highest BCUT2D eigenvalue weighted by atomic mass is 32.2. The highest BCUT2D eigenvalue weighted by Gasteiger charge is 2.01. The Bertz CT molecular complexity index is 420. The first-order chi connectivity index (χ1) is 9.76. The van der Waals surface area contributed by atoms with Gasteiger partial charge in [-0.25, -0.2) is 0 Å². The summed E-state index contributed by atoms with van der Waals surface area (Å²) in [6.45, 7) is 3.12. The van der Waals surface area contributed by atoms with E-state index in [2.05, 4.69) is 18.8 Å². The van der Waals surface area contributed by atoms with Crippen LogP contribution in [0.1, 0.15) is 25.3 Å². The molecule has 1 atom stereocenters. The first kappa shape index (κ1) is 16.9. The van der Waals surface area contributed by atoms with Gasteiger partial charge in [0, 0.05) is 29.6 Å². The molecule has 20 heavy (non-hydrogen) atoms. The molecule has 4 heteroatoms. The Kier molecular flexibility index (Phi) is 8.97. The molecule has 1 rings (SSSR count). The molecule has 0 aromatic heterocycles. The number of hydrogen-bond donors (Lipinski definition) is 2. The van der Waals surface area contributed by atoms with Crippen LogP contribution < -0.4 is 4.74 Å². The van der Waals surface area contributed by atoms with Gasteiger partial charge in [0.2, 0.25) is 0 Å². The predicted octanol–water partition coefficient (Wildman–Crippen LogP) is 2.30. The van der Waals surface area contributed by atoms with E-state index in [1.54, 1.807) is 11.8 Å². The van der Waals surface area contributed by atoms with Crippen LogP contribution in [-0.2, 0) is 0 Å². The molecule has 110 valence electrons. The van der Waals surface area contributed by atoms with Crippen molar-refractivity contribution in [2.75, 3.05) is 25.6 Å². The van der Waals surface area contributed by atoms with Crippen LogP contribution in [0.4, 0.5) is 0 Å². The van der Waals surface area contributed by atoms with Crippen molar-refractivity contribution in [3.63, 3.8) is 0 Å². The average molecular weight is 294 g/mol. The van der Waals surface area contributed by atoms with E-state index in [0.717, 1.165) is 23.5 Å². The van der Waals surface area contributed by atoms with Crippen LogP contribution in [0.3, 0.4) is 0 Å². The third-order valence-corrected chi connectivity index (χ3v) is 3.82. The molecule has 3 nitrogen and oxygen atoms in total. The van der Waals surface area contributed by atoms with Crippen LogP contribution in [0.2, 0.25) is 0 Å². The van der Waals surface area contributed by atoms with Gasteiger partial charge < -0.3 is 14.9 Å². The summed E-state index contributed by atoms with van der Waals surface area (Å²) in [5.41, 5.74) is 0.928. The molecule has 0 saturated carbocycles. The average Bonchev–Trinajstić information content (AvgIpc) is 2.46. The Morgan fingerprint density at radius 2 is 1.95 bits per heavy atom. The molecule has 2 N–H and O–H groups in total. The van der Waals surface area contributed by atoms with Crippen molar-refractivity contribution in [2.24, 2.45) is 0 Å². The Balaban J connectivity index is 2.26. The SMILES string of the molecule is CC(CCO)SCCOc1ccc(C#CCCO)cc1. The molecule has 0 bridgehead atoms. The number of aliphatic hydroxyl groups is 2. The molecule has 0 aliphatic carbocycles. The maximum absolute atomic E-state index is 8.81. The summed E-state index contributed by atoms with van der Waals surface area (Å²) >= 11 is 1.81. The molecule has 0 aliphatic rings. The van der Waals surface area contributed by atoms with Gasteiger partial charge in [0.05, 0.1) is 13.2 Å². The van der Waals surface area contributed by atoms with E-state index >= 15 is 0 Å². The lowest BCUT2D eigenvalue weighted by Crippen LogP contribution is -2.06. The van der Waals surface area contributed by atoms with Gasteiger partial charge >= 0.3 is 0 Å². The number of aliphatic hydroxyl groups excluding tert-OH is 2. The zero-order valence-corrected chi connectivity index (χ0v) is 12.7. The Morgan fingerprint density at radius 1 is 1.20 bits per heavy atom. The fraction of sp³-hybridized carbons (Fsp3) is 0.500. The molecular weight excluding hydrogens is 272 g/mol. The fourth-order valence-corrected chi connectivity index (χ4v) is 2.38. The number of rotatable bonds is 8. The van der Waals surface area contributed by atoms with Gasteiger partial charge in [-0.2, -0.15) is 11.8 Å². The van der Waals surface area contributed by atoms with Crippen molar-refractivity contribution in [3.05, 3.63) is 29.8 Å². The quantitative estimate of drug-likeness (QED) is 0.570. The number of thioether (sulfide) groups is 1. The normalized spacial score (nSPS) is 11.6. The van der Waals surface area contributed by atoms with Gasteiger partial charge in [-0.1, -0.05) is 18.8 Å². The maximum atomic E-state index is 8.81. The van der Waals surface area contributed by atoms with Crippen molar-refractivity contribution in [1.82, 2.24) is 0 Å². The minimum absolute atomic E-state index is 0.0978. The molecule has 0 spiro atoms. The Morgan fingerprint density at radius 3 is 2.60 bits per heavy atom. The monoisotopic (exact) mass is 294 g/mol. The molecule has 0 saturated heterocycles. The van der Waals surface area contributed by atoms with E-state index in [9.17, 15) is 0 Å². The van der Waals surface area contributed by atoms with Crippen LogP contribution >= 0.6 is 11.8 Å². The minimum atomic E-state index is 0.0978. The van der Waals surface area contributed by atoms with Crippen LogP contribution in [0.15, 0.2) is 24.3 Å². The summed E-state index contributed by atoms with van der Waals surface area (Å²) in [5, 5.41) is 17.9. The van der Waals surface area contributed by atoms with Gasteiger partial charge in [-0.3, -0.25) is 0 Å². The van der Waals surface area contributed by atoms with Crippen molar-refractivity contribution in [1.29, 1.82) is 0 Å². The van der Waals surface area contributed by atoms with Crippen LogP contribution in [0, 0.1) is 11.8 Å². The molecule has 0 aliphatic heterocycles. The van der Waals surface area contributed by atoms with Gasteiger partial charge in [0.25, 0.3) is 0 Å². The summed E-state index contributed by atoms with van der Waals surface area (Å²) in [6.07, 6.45) is 1.33. The van der Waals surface area contributed by atoms with E-state index in [1.807, 2.05) is 24.3 Å². The van der Waals surface area contributed by atoms with Crippen LogP contribution in [0.5, 0.6) is 5.75 Å². The number of benzene rings is 1. The highest BCUT2D eigenvalue weighted by Crippen LogP contribution is 2.15. The van der Waals surface area contributed by atoms with E-state index in [4.69, 9.17) is 14.9 Å². The van der Waals surface area contributed by atoms with Crippen molar-refractivity contribution >= 4 is 11.8 Å². The lowest BCUT2D eigenvalue weighted by atomic mass is 10.2. The highest BCUT2D eigenvalue weighted by molar-refractivity contribution is 7.99. The zero-order valence-electron chi connectivity index (χ0n) is 11.8. The summed E-state index contributed by atoms with van der Waals surface area (Å²) < 4.78 is 5.64. The second kappa shape index (κ2) is 10.6. The zero-order chi connectivity index (χ0) is 14.6. The van der Waals surface area contributed by atoms with Gasteiger partial charge in [0.15, 0.2) is 0 Å². The van der Waals surface area contributed by atoms with Gasteiger partial charge in [0.1, 0.15) is 5.75 Å². The molecule has 0 radical (unpaired) electrons. The summed E-state index contributed by atoms with van der Waals surface area (Å²) in [7, 11) is 0. The van der Waals surface area contributed by atoms with Crippen molar-refractivity contribution < 1.29 is 14.9 Å². The number of ether oxygens (including phenoxy) is 1. The summed E-state index contributed by atoms with van der Waals surface area (Å²) in [5.74, 6) is 7.62. The standard InChI is InChI=1S/C16H22O3S/c1-14(9-11-18)20-13-12-19-16-7-5-15(6-8-16)4-2-3-10-17/h5-8,14,17-18H,3,9-13H2,1H3. The molecule has 1 aromatic carbocycles. The third kappa shape index (κ3) is 7.44.